The first-order valence-corrected chi connectivity index (χ1v) is 3.98. The molecule has 0 fully saturated rings. The van der Waals surface area contributed by atoms with Gasteiger partial charge in [0.1, 0.15) is 0 Å². The van der Waals surface area contributed by atoms with Crippen LogP contribution in [0, 0.1) is 0 Å². The maximum absolute atomic E-state index is 5.79. The van der Waals surface area contributed by atoms with Crippen LogP contribution in [0.4, 0.5) is 0 Å². The molecule has 0 radical (unpaired) electrons. The lowest BCUT2D eigenvalue weighted by Crippen LogP contribution is -1.94. The minimum atomic E-state index is 0.341. The van der Waals surface area contributed by atoms with Gasteiger partial charge in [0, 0.05) is 11.3 Å². The van der Waals surface area contributed by atoms with Crippen LogP contribution in [-0.2, 0) is 0 Å². The molecule has 0 saturated heterocycles. The zero-order valence-corrected chi connectivity index (χ0v) is 6.67. The van der Waals surface area contributed by atoms with Gasteiger partial charge in [0.15, 0.2) is 0 Å². The lowest BCUT2D eigenvalue weighted by Gasteiger charge is -2.01. The molecule has 8 heavy (non-hydrogen) atoms. The number of rotatable bonds is 4. The predicted octanol–water partition coefficient (Wildman–Crippen LogP) is 3.02. The van der Waals surface area contributed by atoms with Crippen LogP contribution in [0.5, 0.6) is 0 Å². The number of alkyl halides is 2. The third-order valence-corrected chi connectivity index (χ3v) is 1.89. The van der Waals surface area contributed by atoms with Gasteiger partial charge in [0.25, 0.3) is 0 Å². The van der Waals surface area contributed by atoms with Crippen LogP contribution in [0.3, 0.4) is 0 Å². The molecule has 0 aliphatic heterocycles. The van der Waals surface area contributed by atoms with E-state index in [1.807, 2.05) is 0 Å². The van der Waals surface area contributed by atoms with Crippen molar-refractivity contribution in [3.8, 4) is 0 Å². The van der Waals surface area contributed by atoms with E-state index in [1.54, 1.807) is 0 Å². The monoisotopic (exact) mass is 154 g/mol. The molecule has 50 valence electrons. The molecule has 0 unspecified atom stereocenters. The average molecular weight is 155 g/mol. The number of hydrogen-bond acceptors (Lipinski definition) is 0. The molecule has 0 aliphatic carbocycles. The third-order valence-electron chi connectivity index (χ3n) is 1.09. The minimum absolute atomic E-state index is 0.341. The second-order valence-corrected chi connectivity index (χ2v) is 2.83. The molecule has 1 atom stereocenters. The third kappa shape index (κ3) is 4.73. The smallest absolute Gasteiger partial charge is 0.0333 e. The van der Waals surface area contributed by atoms with Gasteiger partial charge in [-0.2, -0.15) is 0 Å². The molecule has 2 heteroatoms. The standard InChI is InChI=1S/C6H12Cl2/c1-2-6(8)4-3-5-7/h6H,2-5H2,1H3/t6-/m1/s1. The molecule has 0 rings (SSSR count). The first-order valence-electron chi connectivity index (χ1n) is 3.01. The Morgan fingerprint density at radius 2 is 2.12 bits per heavy atom. The van der Waals surface area contributed by atoms with Gasteiger partial charge in [-0.1, -0.05) is 6.92 Å². The summed E-state index contributed by atoms with van der Waals surface area (Å²) in [6.45, 7) is 2.09. The second kappa shape index (κ2) is 5.71. The van der Waals surface area contributed by atoms with Crippen molar-refractivity contribution in [2.24, 2.45) is 0 Å². The molecule has 0 nitrogen and oxygen atoms in total. The van der Waals surface area contributed by atoms with Crippen LogP contribution in [0.15, 0.2) is 0 Å². The van der Waals surface area contributed by atoms with Crippen LogP contribution in [0.2, 0.25) is 0 Å². The largest absolute Gasteiger partial charge is 0.127 e. The molecule has 0 aromatic carbocycles. The van der Waals surface area contributed by atoms with Crippen LogP contribution in [0.1, 0.15) is 26.2 Å². The van der Waals surface area contributed by atoms with Gasteiger partial charge in [0.2, 0.25) is 0 Å². The summed E-state index contributed by atoms with van der Waals surface area (Å²) in [4.78, 5) is 0. The Hall–Kier alpha value is 0.580. The number of hydrogen-bond donors (Lipinski definition) is 0. The Bertz CT molecular complexity index is 45.8. The topological polar surface area (TPSA) is 0 Å². The van der Waals surface area contributed by atoms with Crippen LogP contribution in [0.25, 0.3) is 0 Å². The first kappa shape index (κ1) is 8.58. The van der Waals surface area contributed by atoms with Crippen molar-refractivity contribution in [3.63, 3.8) is 0 Å². The van der Waals surface area contributed by atoms with E-state index < -0.39 is 0 Å². The van der Waals surface area contributed by atoms with Crippen molar-refractivity contribution in [2.75, 3.05) is 5.88 Å². The van der Waals surface area contributed by atoms with E-state index in [-0.39, 0.29) is 0 Å². The molecule has 0 bridgehead atoms. The van der Waals surface area contributed by atoms with E-state index in [0.29, 0.717) is 5.38 Å². The van der Waals surface area contributed by atoms with Gasteiger partial charge in [0.05, 0.1) is 0 Å². The molecular weight excluding hydrogens is 143 g/mol. The number of halogens is 2. The summed E-state index contributed by atoms with van der Waals surface area (Å²) in [5.41, 5.74) is 0. The normalized spacial score (nSPS) is 13.9. The molecule has 0 amide bonds. The van der Waals surface area contributed by atoms with Crippen LogP contribution < -0.4 is 0 Å². The highest BCUT2D eigenvalue weighted by Crippen LogP contribution is 2.08. The van der Waals surface area contributed by atoms with Crippen LogP contribution >= 0.6 is 23.2 Å². The highest BCUT2D eigenvalue weighted by atomic mass is 35.5. The highest BCUT2D eigenvalue weighted by Gasteiger charge is 1.97. The van der Waals surface area contributed by atoms with Crippen molar-refractivity contribution < 1.29 is 0 Å². The SMILES string of the molecule is CC[C@@H](Cl)CCCCl. The maximum Gasteiger partial charge on any atom is 0.0333 e. The Morgan fingerprint density at radius 1 is 1.50 bits per heavy atom. The van der Waals surface area contributed by atoms with E-state index >= 15 is 0 Å². The summed E-state index contributed by atoms with van der Waals surface area (Å²) in [6, 6.07) is 0. The lowest BCUT2D eigenvalue weighted by molar-refractivity contribution is 0.714. The minimum Gasteiger partial charge on any atom is -0.127 e. The predicted molar refractivity (Wildman–Crippen MR) is 39.9 cm³/mol. The maximum atomic E-state index is 5.79. The molecule has 0 aromatic heterocycles. The van der Waals surface area contributed by atoms with E-state index in [2.05, 4.69) is 6.92 Å². The summed E-state index contributed by atoms with van der Waals surface area (Å²) in [7, 11) is 0. The summed E-state index contributed by atoms with van der Waals surface area (Å²) in [5, 5.41) is 0.341. The summed E-state index contributed by atoms with van der Waals surface area (Å²) >= 11 is 11.2. The van der Waals surface area contributed by atoms with E-state index in [4.69, 9.17) is 23.2 Å². The zero-order chi connectivity index (χ0) is 6.41. The second-order valence-electron chi connectivity index (χ2n) is 1.84. The fourth-order valence-electron chi connectivity index (χ4n) is 0.503. The van der Waals surface area contributed by atoms with Gasteiger partial charge < -0.3 is 0 Å². The van der Waals surface area contributed by atoms with Crippen molar-refractivity contribution in [1.29, 1.82) is 0 Å². The Balaban J connectivity index is 2.86. The summed E-state index contributed by atoms with van der Waals surface area (Å²) < 4.78 is 0. The summed E-state index contributed by atoms with van der Waals surface area (Å²) in [5.74, 6) is 0.739. The molecule has 0 aromatic rings. The van der Waals surface area contributed by atoms with E-state index in [1.165, 1.54) is 0 Å². The van der Waals surface area contributed by atoms with Crippen molar-refractivity contribution >= 4 is 23.2 Å². The van der Waals surface area contributed by atoms with E-state index in [0.717, 1.165) is 25.1 Å². The quantitative estimate of drug-likeness (QED) is 0.547. The van der Waals surface area contributed by atoms with Gasteiger partial charge in [-0.25, -0.2) is 0 Å². The van der Waals surface area contributed by atoms with Gasteiger partial charge in [-0.15, -0.1) is 23.2 Å². The summed E-state index contributed by atoms with van der Waals surface area (Å²) in [6.07, 6.45) is 3.16. The Morgan fingerprint density at radius 3 is 2.50 bits per heavy atom. The first-order chi connectivity index (χ1) is 3.81. The van der Waals surface area contributed by atoms with E-state index in [9.17, 15) is 0 Å². The zero-order valence-electron chi connectivity index (χ0n) is 5.16. The Kier molecular flexibility index (Phi) is 6.13. The van der Waals surface area contributed by atoms with Crippen LogP contribution in [-0.4, -0.2) is 11.3 Å². The average Bonchev–Trinajstić information content (AvgIpc) is 1.83. The molecular formula is C6H12Cl2. The fraction of sp³-hybridized carbons (Fsp3) is 1.00. The van der Waals surface area contributed by atoms with Crippen molar-refractivity contribution in [3.05, 3.63) is 0 Å². The molecule has 0 saturated carbocycles. The van der Waals surface area contributed by atoms with Gasteiger partial charge in [-0.3, -0.25) is 0 Å². The van der Waals surface area contributed by atoms with Gasteiger partial charge >= 0.3 is 0 Å². The lowest BCUT2D eigenvalue weighted by atomic mass is 10.2. The van der Waals surface area contributed by atoms with Crippen molar-refractivity contribution in [2.45, 2.75) is 31.6 Å². The molecule has 0 spiro atoms. The Labute approximate surface area is 61.2 Å². The fourth-order valence-corrected chi connectivity index (χ4v) is 0.811. The van der Waals surface area contributed by atoms with Crippen molar-refractivity contribution in [1.82, 2.24) is 0 Å². The molecule has 0 heterocycles. The molecule has 0 N–H and O–H groups in total. The van der Waals surface area contributed by atoms with Gasteiger partial charge in [-0.05, 0) is 19.3 Å². The molecule has 0 aliphatic rings. The highest BCUT2D eigenvalue weighted by molar-refractivity contribution is 6.20.